The number of amides is 3. The van der Waals surface area contributed by atoms with Crippen LogP contribution in [-0.2, 0) is 11.2 Å². The van der Waals surface area contributed by atoms with E-state index in [1.807, 2.05) is 5.32 Å². The van der Waals surface area contributed by atoms with Crippen molar-refractivity contribution in [3.8, 4) is 5.75 Å². The summed E-state index contributed by atoms with van der Waals surface area (Å²) in [6.07, 6.45) is -4.50. The zero-order valence-electron chi connectivity index (χ0n) is 15.1. The average Bonchev–Trinajstić information content (AvgIpc) is 2.67. The lowest BCUT2D eigenvalue weighted by atomic mass is 10.1. The molecule has 3 amide bonds. The second kappa shape index (κ2) is 9.85. The van der Waals surface area contributed by atoms with Crippen LogP contribution in [0.1, 0.15) is 5.56 Å². The number of halogens is 6. The summed E-state index contributed by atoms with van der Waals surface area (Å²) < 4.78 is 79.4. The van der Waals surface area contributed by atoms with Gasteiger partial charge in [-0.1, -0.05) is 12.1 Å². The summed E-state index contributed by atoms with van der Waals surface area (Å²) >= 11 is 0. The third kappa shape index (κ3) is 7.18. The van der Waals surface area contributed by atoms with Gasteiger partial charge in [-0.05, 0) is 36.2 Å². The number of nitrogens with one attached hydrogen (secondary N) is 3. The van der Waals surface area contributed by atoms with Crippen LogP contribution in [0.15, 0.2) is 36.4 Å². The maximum atomic E-state index is 13.5. The topological polar surface area (TPSA) is 79.5 Å². The van der Waals surface area contributed by atoms with Gasteiger partial charge in [-0.3, -0.25) is 4.79 Å². The van der Waals surface area contributed by atoms with Crippen LogP contribution in [0, 0.1) is 17.5 Å². The van der Waals surface area contributed by atoms with E-state index in [2.05, 4.69) is 15.4 Å². The molecule has 0 heterocycles. The molecule has 0 aliphatic rings. The van der Waals surface area contributed by atoms with Crippen molar-refractivity contribution in [3.63, 3.8) is 0 Å². The van der Waals surface area contributed by atoms with E-state index in [9.17, 15) is 35.9 Å². The zero-order chi connectivity index (χ0) is 22.3. The predicted octanol–water partition coefficient (Wildman–Crippen LogP) is 3.48. The van der Waals surface area contributed by atoms with Gasteiger partial charge in [0.1, 0.15) is 5.75 Å². The highest BCUT2D eigenvalue weighted by Crippen LogP contribution is 2.23. The Morgan fingerprint density at radius 1 is 0.900 bits per heavy atom. The third-order valence-corrected chi connectivity index (χ3v) is 3.57. The van der Waals surface area contributed by atoms with E-state index < -0.39 is 48.0 Å². The largest absolute Gasteiger partial charge is 0.573 e. The molecule has 6 nitrogen and oxygen atoms in total. The molecule has 0 atom stereocenters. The molecule has 0 unspecified atom stereocenters. The number of benzene rings is 2. The van der Waals surface area contributed by atoms with Crippen LogP contribution in [0.5, 0.6) is 5.75 Å². The minimum Gasteiger partial charge on any atom is -0.406 e. The summed E-state index contributed by atoms with van der Waals surface area (Å²) in [7, 11) is 0. The van der Waals surface area contributed by atoms with Crippen LogP contribution < -0.4 is 20.7 Å². The zero-order valence-corrected chi connectivity index (χ0v) is 15.1. The van der Waals surface area contributed by atoms with Crippen molar-refractivity contribution in [2.75, 3.05) is 18.4 Å². The lowest BCUT2D eigenvalue weighted by Gasteiger charge is -2.10. The molecule has 0 bridgehead atoms. The minimum atomic E-state index is -4.79. The maximum Gasteiger partial charge on any atom is 0.573 e. The summed E-state index contributed by atoms with van der Waals surface area (Å²) in [5.74, 6) is -5.97. The number of urea groups is 1. The van der Waals surface area contributed by atoms with Crippen molar-refractivity contribution in [1.29, 1.82) is 0 Å². The van der Waals surface area contributed by atoms with E-state index in [-0.39, 0.29) is 18.7 Å². The van der Waals surface area contributed by atoms with Crippen molar-refractivity contribution >= 4 is 17.6 Å². The lowest BCUT2D eigenvalue weighted by molar-refractivity contribution is -0.274. The summed E-state index contributed by atoms with van der Waals surface area (Å²) in [5, 5.41) is 6.56. The predicted molar refractivity (Wildman–Crippen MR) is 93.2 cm³/mol. The highest BCUT2D eigenvalue weighted by Gasteiger charge is 2.30. The standard InChI is InChI=1S/C18H15F6N3O3/c19-12-5-6-13(16(21)15(12)20)27-14(28)9-26-17(29)25-8-7-10-1-3-11(4-2-10)30-18(22,23)24/h1-6H,7-9H2,(H,27,28)(H2,25,26,29). The maximum absolute atomic E-state index is 13.5. The van der Waals surface area contributed by atoms with E-state index in [1.165, 1.54) is 12.1 Å². The van der Waals surface area contributed by atoms with E-state index in [0.29, 0.717) is 11.6 Å². The molecule has 0 aliphatic heterocycles. The van der Waals surface area contributed by atoms with E-state index in [1.54, 1.807) is 0 Å². The smallest absolute Gasteiger partial charge is 0.406 e. The summed E-state index contributed by atoms with van der Waals surface area (Å²) in [6.45, 7) is -0.474. The molecule has 3 N–H and O–H groups in total. The van der Waals surface area contributed by atoms with Crippen LogP contribution >= 0.6 is 0 Å². The number of rotatable bonds is 7. The molecule has 12 heteroatoms. The number of hydrogen-bond donors (Lipinski definition) is 3. The van der Waals surface area contributed by atoms with Crippen LogP contribution in [0.25, 0.3) is 0 Å². The first kappa shape index (κ1) is 22.8. The molecule has 0 saturated carbocycles. The van der Waals surface area contributed by atoms with Gasteiger partial charge in [0.05, 0.1) is 12.2 Å². The van der Waals surface area contributed by atoms with Crippen LogP contribution in [-0.4, -0.2) is 31.4 Å². The van der Waals surface area contributed by atoms with Crippen molar-refractivity contribution in [2.24, 2.45) is 0 Å². The molecule has 0 aromatic heterocycles. The number of alkyl halides is 3. The molecule has 2 aromatic carbocycles. The highest BCUT2D eigenvalue weighted by molar-refractivity contribution is 5.94. The van der Waals surface area contributed by atoms with Gasteiger partial charge < -0.3 is 20.7 Å². The molecule has 0 spiro atoms. The molecule has 0 aliphatic carbocycles. The van der Waals surface area contributed by atoms with Crippen molar-refractivity contribution in [3.05, 3.63) is 59.4 Å². The third-order valence-electron chi connectivity index (χ3n) is 3.57. The molecule has 30 heavy (non-hydrogen) atoms. The molecule has 162 valence electrons. The molecule has 2 aromatic rings. The van der Waals surface area contributed by atoms with Gasteiger partial charge in [0.25, 0.3) is 0 Å². The first-order valence-corrected chi connectivity index (χ1v) is 8.35. The van der Waals surface area contributed by atoms with E-state index in [0.717, 1.165) is 18.2 Å². The molecule has 2 rings (SSSR count). The average molecular weight is 435 g/mol. The second-order valence-corrected chi connectivity index (χ2v) is 5.82. The number of anilines is 1. The van der Waals surface area contributed by atoms with Crippen molar-refractivity contribution < 1.29 is 40.7 Å². The van der Waals surface area contributed by atoms with Crippen LogP contribution in [0.4, 0.5) is 36.8 Å². The van der Waals surface area contributed by atoms with Gasteiger partial charge in [-0.25, -0.2) is 18.0 Å². The Morgan fingerprint density at radius 3 is 2.20 bits per heavy atom. The monoisotopic (exact) mass is 435 g/mol. The van der Waals surface area contributed by atoms with Gasteiger partial charge in [0.15, 0.2) is 17.5 Å². The van der Waals surface area contributed by atoms with E-state index >= 15 is 0 Å². The number of hydrogen-bond acceptors (Lipinski definition) is 3. The first-order chi connectivity index (χ1) is 14.0. The first-order valence-electron chi connectivity index (χ1n) is 8.35. The normalized spacial score (nSPS) is 11.0. The Labute approximate surface area is 166 Å². The second-order valence-electron chi connectivity index (χ2n) is 5.82. The van der Waals surface area contributed by atoms with Crippen LogP contribution in [0.2, 0.25) is 0 Å². The van der Waals surface area contributed by atoms with Gasteiger partial charge in [-0.2, -0.15) is 0 Å². The minimum absolute atomic E-state index is 0.102. The summed E-state index contributed by atoms with van der Waals surface area (Å²) in [5.41, 5.74) is 0.0374. The fraction of sp³-hybridized carbons (Fsp3) is 0.222. The molecule has 0 saturated heterocycles. The molecular formula is C18H15F6N3O3. The Hall–Kier alpha value is -3.44. The number of carbonyl (C=O) groups excluding carboxylic acids is 2. The quantitative estimate of drug-likeness (QED) is 0.460. The van der Waals surface area contributed by atoms with Gasteiger partial charge in [-0.15, -0.1) is 13.2 Å². The Balaban J connectivity index is 1.71. The molecule has 0 radical (unpaired) electrons. The van der Waals surface area contributed by atoms with Gasteiger partial charge in [0.2, 0.25) is 5.91 Å². The van der Waals surface area contributed by atoms with Crippen molar-refractivity contribution in [1.82, 2.24) is 10.6 Å². The van der Waals surface area contributed by atoms with Crippen molar-refractivity contribution in [2.45, 2.75) is 12.8 Å². The molecular weight excluding hydrogens is 420 g/mol. The van der Waals surface area contributed by atoms with Gasteiger partial charge in [0, 0.05) is 6.54 Å². The van der Waals surface area contributed by atoms with E-state index in [4.69, 9.17) is 0 Å². The summed E-state index contributed by atoms with van der Waals surface area (Å²) in [6, 6.07) is 5.77. The Bertz CT molecular complexity index is 903. The summed E-state index contributed by atoms with van der Waals surface area (Å²) in [4.78, 5) is 23.3. The van der Waals surface area contributed by atoms with Gasteiger partial charge >= 0.3 is 12.4 Å². The SMILES string of the molecule is O=C(CNC(=O)NCCc1ccc(OC(F)(F)F)cc1)Nc1ccc(F)c(F)c1F. The highest BCUT2D eigenvalue weighted by atomic mass is 19.4. The number of ether oxygens (including phenoxy) is 1. The Kier molecular flexibility index (Phi) is 7.50. The van der Waals surface area contributed by atoms with Crippen LogP contribution in [0.3, 0.4) is 0 Å². The fourth-order valence-electron chi connectivity index (χ4n) is 2.22. The molecule has 0 fully saturated rings. The fourth-order valence-corrected chi connectivity index (χ4v) is 2.22. The lowest BCUT2D eigenvalue weighted by Crippen LogP contribution is -2.40. The number of carbonyl (C=O) groups is 2. The Morgan fingerprint density at radius 2 is 1.57 bits per heavy atom.